The van der Waals surface area contributed by atoms with Crippen LogP contribution >= 0.6 is 0 Å². The lowest BCUT2D eigenvalue weighted by atomic mass is 10.0. The lowest BCUT2D eigenvalue weighted by Crippen LogP contribution is -2.46. The van der Waals surface area contributed by atoms with E-state index in [2.05, 4.69) is 12.2 Å². The number of anilines is 1. The van der Waals surface area contributed by atoms with Crippen molar-refractivity contribution in [2.24, 2.45) is 0 Å². The van der Waals surface area contributed by atoms with Gasteiger partial charge in [0, 0.05) is 17.8 Å². The molecule has 0 spiro atoms. The van der Waals surface area contributed by atoms with E-state index in [0.717, 1.165) is 17.7 Å². The summed E-state index contributed by atoms with van der Waals surface area (Å²) >= 11 is 0. The van der Waals surface area contributed by atoms with Gasteiger partial charge in [-0.15, -0.1) is 0 Å². The molecule has 106 valence electrons. The maximum absolute atomic E-state index is 11.9. The molecule has 0 bridgehead atoms. The molecule has 0 atom stereocenters. The largest absolute Gasteiger partial charge is 0.399 e. The number of carbonyl (C=O) groups excluding carboxylic acids is 1. The zero-order valence-electron chi connectivity index (χ0n) is 12.4. The van der Waals surface area contributed by atoms with Crippen LogP contribution in [0.2, 0.25) is 0 Å². The summed E-state index contributed by atoms with van der Waals surface area (Å²) in [6.07, 6.45) is 0.914. The van der Waals surface area contributed by atoms with Gasteiger partial charge in [-0.2, -0.15) is 0 Å². The number of rotatable bonds is 6. The van der Waals surface area contributed by atoms with Gasteiger partial charge in [0.1, 0.15) is 0 Å². The number of benzene rings is 1. The van der Waals surface area contributed by atoms with Gasteiger partial charge in [-0.1, -0.05) is 19.1 Å². The number of hydrogen-bond acceptors (Lipinski definition) is 3. The number of nitrogens with one attached hydrogen (secondary N) is 1. The summed E-state index contributed by atoms with van der Waals surface area (Å²) in [6, 6.07) is 7.74. The van der Waals surface area contributed by atoms with Crippen molar-refractivity contribution in [2.75, 3.05) is 19.3 Å². The van der Waals surface area contributed by atoms with Crippen LogP contribution in [0.25, 0.3) is 0 Å². The highest BCUT2D eigenvalue weighted by Gasteiger charge is 2.18. The Morgan fingerprint density at radius 2 is 2.11 bits per heavy atom. The summed E-state index contributed by atoms with van der Waals surface area (Å²) in [5.74, 6) is 0.0539. The molecular formula is C15H25N3O. The van der Waals surface area contributed by atoms with Gasteiger partial charge in [0.05, 0.1) is 6.54 Å². The molecule has 0 aliphatic heterocycles. The highest BCUT2D eigenvalue weighted by Crippen LogP contribution is 2.09. The van der Waals surface area contributed by atoms with Crippen LogP contribution in [0, 0.1) is 0 Å². The van der Waals surface area contributed by atoms with Crippen LogP contribution < -0.4 is 11.1 Å². The highest BCUT2D eigenvalue weighted by molar-refractivity contribution is 5.78. The van der Waals surface area contributed by atoms with Gasteiger partial charge in [0.25, 0.3) is 0 Å². The molecule has 1 aromatic carbocycles. The number of amides is 1. The fraction of sp³-hybridized carbons (Fsp3) is 0.533. The van der Waals surface area contributed by atoms with E-state index in [1.165, 1.54) is 0 Å². The molecule has 0 fully saturated rings. The van der Waals surface area contributed by atoms with Crippen LogP contribution in [0.1, 0.15) is 32.8 Å². The standard InChI is InChI=1S/C15H25N3O/c1-5-15(2,3)17-14(19)11-18(4)10-12-7-6-8-13(16)9-12/h6-9H,5,10-11,16H2,1-4H3,(H,17,19). The van der Waals surface area contributed by atoms with Crippen molar-refractivity contribution < 1.29 is 4.79 Å². The van der Waals surface area contributed by atoms with E-state index in [1.54, 1.807) is 0 Å². The van der Waals surface area contributed by atoms with Gasteiger partial charge >= 0.3 is 0 Å². The highest BCUT2D eigenvalue weighted by atomic mass is 16.2. The number of nitrogens with zero attached hydrogens (tertiary/aromatic N) is 1. The molecule has 1 aromatic rings. The van der Waals surface area contributed by atoms with E-state index in [0.29, 0.717) is 13.1 Å². The molecule has 0 aliphatic carbocycles. The quantitative estimate of drug-likeness (QED) is 0.772. The Labute approximate surface area is 116 Å². The Balaban J connectivity index is 2.47. The van der Waals surface area contributed by atoms with Crippen molar-refractivity contribution in [2.45, 2.75) is 39.3 Å². The van der Waals surface area contributed by atoms with Gasteiger partial charge in [-0.3, -0.25) is 9.69 Å². The zero-order chi connectivity index (χ0) is 14.5. The second kappa shape index (κ2) is 6.57. The number of hydrogen-bond donors (Lipinski definition) is 2. The Morgan fingerprint density at radius 3 is 2.68 bits per heavy atom. The Hall–Kier alpha value is -1.55. The normalized spacial score (nSPS) is 11.6. The summed E-state index contributed by atoms with van der Waals surface area (Å²) in [5.41, 5.74) is 7.46. The summed E-state index contributed by atoms with van der Waals surface area (Å²) in [6.45, 7) is 7.23. The smallest absolute Gasteiger partial charge is 0.234 e. The fourth-order valence-electron chi connectivity index (χ4n) is 1.81. The van der Waals surface area contributed by atoms with Gasteiger partial charge in [0.2, 0.25) is 5.91 Å². The minimum Gasteiger partial charge on any atom is -0.399 e. The van der Waals surface area contributed by atoms with Crippen LogP contribution in [0.15, 0.2) is 24.3 Å². The van der Waals surface area contributed by atoms with Crippen LogP contribution in [-0.4, -0.2) is 29.9 Å². The average Bonchev–Trinajstić information content (AvgIpc) is 2.27. The molecule has 0 heterocycles. The molecule has 0 radical (unpaired) electrons. The minimum absolute atomic E-state index is 0.0539. The van der Waals surface area contributed by atoms with Crippen molar-refractivity contribution in [3.05, 3.63) is 29.8 Å². The maximum Gasteiger partial charge on any atom is 0.234 e. The lowest BCUT2D eigenvalue weighted by Gasteiger charge is -2.26. The van der Waals surface area contributed by atoms with Gasteiger partial charge in [-0.05, 0) is 45.0 Å². The molecule has 4 heteroatoms. The SMILES string of the molecule is CCC(C)(C)NC(=O)CN(C)Cc1cccc(N)c1. The number of nitrogen functional groups attached to an aromatic ring is 1. The first-order valence-corrected chi connectivity index (χ1v) is 6.66. The predicted octanol–water partition coefficient (Wildman–Crippen LogP) is 2.01. The molecule has 0 saturated carbocycles. The second-order valence-electron chi connectivity index (χ2n) is 5.70. The first-order chi connectivity index (χ1) is 8.82. The summed E-state index contributed by atoms with van der Waals surface area (Å²) in [4.78, 5) is 13.9. The summed E-state index contributed by atoms with van der Waals surface area (Å²) in [5, 5.41) is 3.03. The third-order valence-electron chi connectivity index (χ3n) is 3.18. The molecule has 0 saturated heterocycles. The number of nitrogens with two attached hydrogens (primary N) is 1. The first kappa shape index (κ1) is 15.5. The Bertz CT molecular complexity index is 429. The van der Waals surface area contributed by atoms with Crippen molar-refractivity contribution in [1.82, 2.24) is 10.2 Å². The molecule has 1 rings (SSSR count). The third-order valence-corrected chi connectivity index (χ3v) is 3.18. The van der Waals surface area contributed by atoms with Crippen LogP contribution in [0.5, 0.6) is 0 Å². The molecule has 1 amide bonds. The summed E-state index contributed by atoms with van der Waals surface area (Å²) < 4.78 is 0. The number of carbonyl (C=O) groups is 1. The molecule has 4 nitrogen and oxygen atoms in total. The van der Waals surface area contributed by atoms with Crippen molar-refractivity contribution in [3.8, 4) is 0 Å². The van der Waals surface area contributed by atoms with Crippen molar-refractivity contribution in [3.63, 3.8) is 0 Å². The maximum atomic E-state index is 11.9. The van der Waals surface area contributed by atoms with E-state index in [-0.39, 0.29) is 11.4 Å². The predicted molar refractivity (Wildman–Crippen MR) is 79.7 cm³/mol. The fourth-order valence-corrected chi connectivity index (χ4v) is 1.81. The van der Waals surface area contributed by atoms with E-state index in [4.69, 9.17) is 5.73 Å². The van der Waals surface area contributed by atoms with E-state index in [1.807, 2.05) is 50.1 Å². The summed E-state index contributed by atoms with van der Waals surface area (Å²) in [7, 11) is 1.93. The Morgan fingerprint density at radius 1 is 1.42 bits per heavy atom. The topological polar surface area (TPSA) is 58.4 Å². The van der Waals surface area contributed by atoms with Crippen LogP contribution in [-0.2, 0) is 11.3 Å². The molecule has 3 N–H and O–H groups in total. The molecule has 0 aliphatic rings. The van der Waals surface area contributed by atoms with E-state index >= 15 is 0 Å². The van der Waals surface area contributed by atoms with Crippen molar-refractivity contribution >= 4 is 11.6 Å². The van der Waals surface area contributed by atoms with E-state index in [9.17, 15) is 4.79 Å². The van der Waals surface area contributed by atoms with Gasteiger partial charge in [-0.25, -0.2) is 0 Å². The zero-order valence-corrected chi connectivity index (χ0v) is 12.4. The molecule has 19 heavy (non-hydrogen) atoms. The molecular weight excluding hydrogens is 238 g/mol. The first-order valence-electron chi connectivity index (χ1n) is 6.66. The van der Waals surface area contributed by atoms with E-state index < -0.39 is 0 Å². The third kappa shape index (κ3) is 5.75. The molecule has 0 aromatic heterocycles. The van der Waals surface area contributed by atoms with Gasteiger partial charge in [0.15, 0.2) is 0 Å². The lowest BCUT2D eigenvalue weighted by molar-refractivity contribution is -0.123. The average molecular weight is 263 g/mol. The van der Waals surface area contributed by atoms with Crippen molar-refractivity contribution in [1.29, 1.82) is 0 Å². The molecule has 0 unspecified atom stereocenters. The monoisotopic (exact) mass is 263 g/mol. The number of likely N-dealkylation sites (N-methyl/N-ethyl adjacent to an activating group) is 1. The second-order valence-corrected chi connectivity index (χ2v) is 5.70. The van der Waals surface area contributed by atoms with Gasteiger partial charge < -0.3 is 11.1 Å². The minimum atomic E-state index is -0.144. The Kier molecular flexibility index (Phi) is 5.36. The van der Waals surface area contributed by atoms with Crippen LogP contribution in [0.3, 0.4) is 0 Å². The van der Waals surface area contributed by atoms with Crippen LogP contribution in [0.4, 0.5) is 5.69 Å².